The second kappa shape index (κ2) is 6.98. The van der Waals surface area contributed by atoms with E-state index in [9.17, 15) is 9.18 Å². The maximum Gasteiger partial charge on any atom is 0.262 e. The van der Waals surface area contributed by atoms with Gasteiger partial charge in [-0.05, 0) is 45.0 Å². The predicted molar refractivity (Wildman–Crippen MR) is 114 cm³/mol. The molecule has 3 aliphatic heterocycles. The third-order valence-electron chi connectivity index (χ3n) is 6.02. The number of fused-ring (bicyclic) bond motifs is 3. The number of halogens is 1. The lowest BCUT2D eigenvalue weighted by atomic mass is 9.96. The van der Waals surface area contributed by atoms with Gasteiger partial charge in [0.15, 0.2) is 5.84 Å². The summed E-state index contributed by atoms with van der Waals surface area (Å²) in [6, 6.07) is 10.1. The number of anilines is 2. The van der Waals surface area contributed by atoms with Crippen LogP contribution in [0.25, 0.3) is 11.1 Å². The largest absolute Gasteiger partial charge is 0.483 e. The number of hydrogen-bond acceptors (Lipinski definition) is 6. The van der Waals surface area contributed by atoms with Gasteiger partial charge in [-0.25, -0.2) is 9.82 Å². The summed E-state index contributed by atoms with van der Waals surface area (Å²) in [5, 5.41) is 11.2. The van der Waals surface area contributed by atoms with Crippen molar-refractivity contribution in [3.8, 4) is 16.9 Å². The topological polar surface area (TPSA) is 78.0 Å². The summed E-state index contributed by atoms with van der Waals surface area (Å²) in [4.78, 5) is 14.1. The zero-order valence-electron chi connectivity index (χ0n) is 17.0. The molecule has 1 amide bonds. The number of hydrogen-bond donors (Lipinski definition) is 3. The maximum atomic E-state index is 14.7. The van der Waals surface area contributed by atoms with Gasteiger partial charge in [0.25, 0.3) is 5.91 Å². The highest BCUT2D eigenvalue weighted by atomic mass is 19.1. The highest BCUT2D eigenvalue weighted by Crippen LogP contribution is 2.44. The Morgan fingerprint density at radius 3 is 2.90 bits per heavy atom. The monoisotopic (exact) mass is 409 g/mol. The highest BCUT2D eigenvalue weighted by molar-refractivity contribution is 6.10. The smallest absolute Gasteiger partial charge is 0.262 e. The van der Waals surface area contributed by atoms with Crippen molar-refractivity contribution in [1.82, 2.24) is 10.7 Å². The number of hydrazone groups is 1. The van der Waals surface area contributed by atoms with E-state index in [0.29, 0.717) is 17.1 Å². The van der Waals surface area contributed by atoms with E-state index in [1.165, 1.54) is 6.07 Å². The fourth-order valence-electron chi connectivity index (χ4n) is 4.33. The number of nitrogens with zero attached hydrogens (tertiary/aromatic N) is 2. The molecule has 30 heavy (non-hydrogen) atoms. The summed E-state index contributed by atoms with van der Waals surface area (Å²) in [7, 11) is 0. The number of rotatable bonds is 3. The number of benzene rings is 2. The van der Waals surface area contributed by atoms with Crippen molar-refractivity contribution in [3.63, 3.8) is 0 Å². The Kier molecular flexibility index (Phi) is 4.39. The molecule has 5 rings (SSSR count). The SMILES string of the molecule is CC1C(=O)NN=C2COc3cc(-c4ccccc4F)c(NC4(C)CCNC4)cc3N21. The predicted octanol–water partition coefficient (Wildman–Crippen LogP) is 2.69. The van der Waals surface area contributed by atoms with Crippen LogP contribution in [0.15, 0.2) is 41.5 Å². The molecule has 8 heteroatoms. The Morgan fingerprint density at radius 2 is 2.13 bits per heavy atom. The van der Waals surface area contributed by atoms with Gasteiger partial charge in [0, 0.05) is 28.9 Å². The molecule has 7 nitrogen and oxygen atoms in total. The molecule has 3 aliphatic rings. The second-order valence-corrected chi connectivity index (χ2v) is 8.30. The summed E-state index contributed by atoms with van der Waals surface area (Å²) in [5.41, 5.74) is 5.16. The minimum atomic E-state index is -0.420. The Morgan fingerprint density at radius 1 is 1.30 bits per heavy atom. The fraction of sp³-hybridized carbons (Fsp3) is 0.364. The molecular formula is C22H24FN5O2. The number of nitrogens with one attached hydrogen (secondary N) is 3. The van der Waals surface area contributed by atoms with Crippen LogP contribution < -0.4 is 25.7 Å². The van der Waals surface area contributed by atoms with Crippen LogP contribution in [0, 0.1) is 5.82 Å². The molecule has 156 valence electrons. The number of amidine groups is 1. The van der Waals surface area contributed by atoms with Gasteiger partial charge in [0.1, 0.15) is 24.2 Å². The number of amides is 1. The summed E-state index contributed by atoms with van der Waals surface area (Å²) in [5.74, 6) is 0.784. The van der Waals surface area contributed by atoms with Crippen LogP contribution >= 0.6 is 0 Å². The molecule has 0 aliphatic carbocycles. The van der Waals surface area contributed by atoms with Crippen LogP contribution in [0.3, 0.4) is 0 Å². The van der Waals surface area contributed by atoms with E-state index in [2.05, 4.69) is 28.1 Å². The Bertz CT molecular complexity index is 1050. The van der Waals surface area contributed by atoms with Gasteiger partial charge in [0.2, 0.25) is 0 Å². The van der Waals surface area contributed by atoms with E-state index >= 15 is 0 Å². The van der Waals surface area contributed by atoms with Crippen LogP contribution in [0.4, 0.5) is 15.8 Å². The first-order valence-corrected chi connectivity index (χ1v) is 10.2. The summed E-state index contributed by atoms with van der Waals surface area (Å²) < 4.78 is 20.7. The first-order chi connectivity index (χ1) is 14.5. The third-order valence-corrected chi connectivity index (χ3v) is 6.02. The lowest BCUT2D eigenvalue weighted by Crippen LogP contribution is -2.55. The fourth-order valence-corrected chi connectivity index (χ4v) is 4.33. The molecule has 0 aromatic heterocycles. The van der Waals surface area contributed by atoms with Crippen molar-refractivity contribution in [3.05, 3.63) is 42.2 Å². The molecule has 0 bridgehead atoms. The summed E-state index contributed by atoms with van der Waals surface area (Å²) in [6.07, 6.45) is 0.951. The van der Waals surface area contributed by atoms with Crippen molar-refractivity contribution in [1.29, 1.82) is 0 Å². The zero-order chi connectivity index (χ0) is 20.9. The average Bonchev–Trinajstić information content (AvgIpc) is 3.16. The van der Waals surface area contributed by atoms with Crippen LogP contribution in [-0.4, -0.2) is 43.0 Å². The highest BCUT2D eigenvalue weighted by Gasteiger charge is 2.37. The minimum Gasteiger partial charge on any atom is -0.483 e. The Labute approximate surface area is 174 Å². The van der Waals surface area contributed by atoms with Crippen molar-refractivity contribution >= 4 is 23.1 Å². The Hall–Kier alpha value is -3.13. The lowest BCUT2D eigenvalue weighted by Gasteiger charge is -2.39. The molecule has 2 aromatic rings. The van der Waals surface area contributed by atoms with E-state index < -0.39 is 6.04 Å². The van der Waals surface area contributed by atoms with E-state index in [1.807, 2.05) is 30.0 Å². The first kappa shape index (κ1) is 18.9. The molecule has 0 radical (unpaired) electrons. The van der Waals surface area contributed by atoms with E-state index in [4.69, 9.17) is 4.74 Å². The minimum absolute atomic E-state index is 0.161. The van der Waals surface area contributed by atoms with Crippen LogP contribution in [-0.2, 0) is 4.79 Å². The molecule has 2 aromatic carbocycles. The number of ether oxygens (including phenoxy) is 1. The van der Waals surface area contributed by atoms with Gasteiger partial charge >= 0.3 is 0 Å². The maximum absolute atomic E-state index is 14.7. The van der Waals surface area contributed by atoms with Crippen molar-refractivity contribution < 1.29 is 13.9 Å². The zero-order valence-corrected chi connectivity index (χ0v) is 17.0. The molecule has 2 atom stereocenters. The normalized spacial score (nSPS) is 25.0. The van der Waals surface area contributed by atoms with Crippen LogP contribution in [0.2, 0.25) is 0 Å². The summed E-state index contributed by atoms with van der Waals surface area (Å²) in [6.45, 7) is 5.96. The van der Waals surface area contributed by atoms with Crippen molar-refractivity contribution in [2.45, 2.75) is 31.8 Å². The molecule has 0 saturated carbocycles. The first-order valence-electron chi connectivity index (χ1n) is 10.2. The molecule has 1 fully saturated rings. The van der Waals surface area contributed by atoms with Crippen LogP contribution in [0.1, 0.15) is 20.3 Å². The van der Waals surface area contributed by atoms with E-state index in [1.54, 1.807) is 12.1 Å². The molecule has 2 unspecified atom stereocenters. The molecular weight excluding hydrogens is 385 g/mol. The molecule has 1 saturated heterocycles. The molecule has 0 spiro atoms. The third kappa shape index (κ3) is 3.08. The van der Waals surface area contributed by atoms with Gasteiger partial charge in [-0.3, -0.25) is 4.79 Å². The van der Waals surface area contributed by atoms with E-state index in [0.717, 1.165) is 36.4 Å². The molecule has 3 N–H and O–H groups in total. The van der Waals surface area contributed by atoms with Gasteiger partial charge in [-0.2, -0.15) is 5.10 Å². The number of carbonyl (C=O) groups is 1. The van der Waals surface area contributed by atoms with Crippen molar-refractivity contribution in [2.24, 2.45) is 5.10 Å². The molecule has 3 heterocycles. The van der Waals surface area contributed by atoms with Gasteiger partial charge in [0.05, 0.1) is 5.69 Å². The van der Waals surface area contributed by atoms with Gasteiger partial charge < -0.3 is 20.3 Å². The summed E-state index contributed by atoms with van der Waals surface area (Å²) >= 11 is 0. The lowest BCUT2D eigenvalue weighted by molar-refractivity contribution is -0.122. The van der Waals surface area contributed by atoms with Gasteiger partial charge in [-0.1, -0.05) is 18.2 Å². The van der Waals surface area contributed by atoms with Crippen molar-refractivity contribution in [2.75, 3.05) is 29.9 Å². The van der Waals surface area contributed by atoms with Gasteiger partial charge in [-0.15, -0.1) is 0 Å². The second-order valence-electron chi connectivity index (χ2n) is 8.30. The number of carbonyl (C=O) groups excluding carboxylic acids is 1. The Balaban J connectivity index is 1.67. The van der Waals surface area contributed by atoms with E-state index in [-0.39, 0.29) is 23.9 Å². The van der Waals surface area contributed by atoms with Crippen LogP contribution in [0.5, 0.6) is 5.75 Å². The average molecular weight is 409 g/mol. The quantitative estimate of drug-likeness (QED) is 0.727. The standard InChI is InChI=1S/C22H24FN5O2/c1-13-21(29)27-26-20-11-30-19-9-15(14-5-3-4-6-16(14)23)17(10-18(19)28(13)20)25-22(2)7-8-24-12-22/h3-6,9-10,13,24-25H,7-8,11-12H2,1-2H3,(H,27,29).